The van der Waals surface area contributed by atoms with E-state index in [2.05, 4.69) is 4.99 Å². The topological polar surface area (TPSA) is 38.4 Å². The fourth-order valence-electron chi connectivity index (χ4n) is 1.44. The van der Waals surface area contributed by atoms with Crippen molar-refractivity contribution in [3.8, 4) is 0 Å². The molecule has 0 fully saturated rings. The number of nitrogens with two attached hydrogens (primary N) is 1. The normalized spacial score (nSPS) is 13.8. The lowest BCUT2D eigenvalue weighted by Gasteiger charge is -2.09. The third kappa shape index (κ3) is 2.22. The third-order valence-electron chi connectivity index (χ3n) is 2.15. The Labute approximate surface area is 85.2 Å². The molecule has 0 heterocycles. The van der Waals surface area contributed by atoms with Gasteiger partial charge in [0.05, 0.1) is 0 Å². The summed E-state index contributed by atoms with van der Waals surface area (Å²) in [5.41, 5.74) is 9.77. The highest BCUT2D eigenvalue weighted by Crippen LogP contribution is 2.17. The van der Waals surface area contributed by atoms with Gasteiger partial charge in [-0.25, -0.2) is 0 Å². The summed E-state index contributed by atoms with van der Waals surface area (Å²) in [6, 6.07) is 10.1. The van der Waals surface area contributed by atoms with Crippen molar-refractivity contribution in [1.82, 2.24) is 0 Å². The van der Waals surface area contributed by atoms with Gasteiger partial charge in [0.25, 0.3) is 0 Å². The molecule has 0 aromatic heterocycles. The molecule has 2 N–H and O–H groups in total. The van der Waals surface area contributed by atoms with Crippen LogP contribution in [-0.2, 0) is 0 Å². The summed E-state index contributed by atoms with van der Waals surface area (Å²) < 4.78 is 0. The van der Waals surface area contributed by atoms with Crippen molar-refractivity contribution in [1.29, 1.82) is 0 Å². The lowest BCUT2D eigenvalue weighted by atomic mass is 10.0. The molecule has 14 heavy (non-hydrogen) atoms. The fraction of sp³-hybridized carbons (Fsp3) is 0.250. The Morgan fingerprint density at radius 3 is 2.14 bits per heavy atom. The zero-order valence-corrected chi connectivity index (χ0v) is 8.91. The lowest BCUT2D eigenvalue weighted by molar-refractivity contribution is 1.31. The van der Waals surface area contributed by atoms with Gasteiger partial charge in [0.1, 0.15) is 0 Å². The first kappa shape index (κ1) is 10.5. The number of hydrogen-bond donors (Lipinski definition) is 1. The Morgan fingerprint density at radius 1 is 1.14 bits per heavy atom. The van der Waals surface area contributed by atoms with E-state index in [0.717, 1.165) is 22.5 Å². The van der Waals surface area contributed by atoms with E-state index in [1.807, 2.05) is 44.2 Å². The highest BCUT2D eigenvalue weighted by Gasteiger charge is 2.06. The van der Waals surface area contributed by atoms with Crippen LogP contribution in [0.1, 0.15) is 19.4 Å². The van der Waals surface area contributed by atoms with E-state index >= 15 is 0 Å². The molecule has 0 radical (unpaired) electrons. The van der Waals surface area contributed by atoms with Crippen molar-refractivity contribution in [3.05, 3.63) is 41.6 Å². The van der Waals surface area contributed by atoms with Gasteiger partial charge in [-0.1, -0.05) is 30.3 Å². The van der Waals surface area contributed by atoms with Gasteiger partial charge in [-0.3, -0.25) is 4.99 Å². The predicted octanol–water partition coefficient (Wildman–Crippen LogP) is 2.47. The number of benzene rings is 1. The molecule has 0 aliphatic rings. The molecule has 0 spiro atoms. The molecule has 0 saturated carbocycles. The fourth-order valence-corrected chi connectivity index (χ4v) is 1.44. The lowest BCUT2D eigenvalue weighted by Crippen LogP contribution is -2.05. The van der Waals surface area contributed by atoms with Crippen molar-refractivity contribution in [2.75, 3.05) is 7.05 Å². The van der Waals surface area contributed by atoms with E-state index in [9.17, 15) is 0 Å². The summed E-state index contributed by atoms with van der Waals surface area (Å²) in [7, 11) is 1.78. The summed E-state index contributed by atoms with van der Waals surface area (Å²) in [5.74, 6) is 0. The van der Waals surface area contributed by atoms with Crippen LogP contribution in [0.3, 0.4) is 0 Å². The number of aliphatic imine (C=N–C) groups is 1. The summed E-state index contributed by atoms with van der Waals surface area (Å²) in [6.45, 7) is 3.87. The average molecular weight is 188 g/mol. The minimum Gasteiger partial charge on any atom is -0.402 e. The van der Waals surface area contributed by atoms with Crippen molar-refractivity contribution >= 4 is 11.3 Å². The number of hydrogen-bond acceptors (Lipinski definition) is 2. The molecule has 0 bridgehead atoms. The van der Waals surface area contributed by atoms with E-state index in [-0.39, 0.29) is 0 Å². The first-order valence-corrected chi connectivity index (χ1v) is 4.62. The van der Waals surface area contributed by atoms with Crippen molar-refractivity contribution in [2.45, 2.75) is 13.8 Å². The van der Waals surface area contributed by atoms with Gasteiger partial charge < -0.3 is 5.73 Å². The van der Waals surface area contributed by atoms with Crippen LogP contribution in [-0.4, -0.2) is 12.8 Å². The second-order valence-corrected chi connectivity index (χ2v) is 3.23. The van der Waals surface area contributed by atoms with Crippen LogP contribution in [0.2, 0.25) is 0 Å². The number of nitrogens with zero attached hydrogens (tertiary/aromatic N) is 1. The van der Waals surface area contributed by atoms with Gasteiger partial charge in [0, 0.05) is 24.0 Å². The highest BCUT2D eigenvalue weighted by atomic mass is 14.7. The molecule has 2 nitrogen and oxygen atoms in total. The Morgan fingerprint density at radius 2 is 1.71 bits per heavy atom. The van der Waals surface area contributed by atoms with E-state index in [4.69, 9.17) is 5.73 Å². The van der Waals surface area contributed by atoms with Gasteiger partial charge in [0.2, 0.25) is 0 Å². The first-order chi connectivity index (χ1) is 6.66. The van der Waals surface area contributed by atoms with Crippen molar-refractivity contribution in [2.24, 2.45) is 10.7 Å². The van der Waals surface area contributed by atoms with E-state index in [1.54, 1.807) is 7.05 Å². The van der Waals surface area contributed by atoms with Crippen LogP contribution in [0.15, 0.2) is 41.0 Å². The zero-order valence-electron chi connectivity index (χ0n) is 8.91. The van der Waals surface area contributed by atoms with Crippen LogP contribution in [0.5, 0.6) is 0 Å². The van der Waals surface area contributed by atoms with E-state index < -0.39 is 0 Å². The van der Waals surface area contributed by atoms with Crippen LogP contribution in [0.4, 0.5) is 0 Å². The molecule has 1 aromatic rings. The summed E-state index contributed by atoms with van der Waals surface area (Å²) in [5, 5.41) is 0. The van der Waals surface area contributed by atoms with Crippen LogP contribution < -0.4 is 5.73 Å². The predicted molar refractivity (Wildman–Crippen MR) is 62.3 cm³/mol. The SMILES string of the molecule is CN=C(C)/C(=C(/C)N)c1ccccc1. The molecular formula is C12H16N2. The number of rotatable bonds is 2. The van der Waals surface area contributed by atoms with Gasteiger partial charge in [-0.15, -0.1) is 0 Å². The molecule has 1 rings (SSSR count). The highest BCUT2D eigenvalue weighted by molar-refractivity contribution is 6.23. The Balaban J connectivity index is 3.23. The zero-order chi connectivity index (χ0) is 10.6. The van der Waals surface area contributed by atoms with Gasteiger partial charge in [-0.2, -0.15) is 0 Å². The molecule has 0 aliphatic heterocycles. The second-order valence-electron chi connectivity index (χ2n) is 3.23. The van der Waals surface area contributed by atoms with Crippen LogP contribution in [0, 0.1) is 0 Å². The largest absolute Gasteiger partial charge is 0.402 e. The van der Waals surface area contributed by atoms with Crippen LogP contribution in [0.25, 0.3) is 5.57 Å². The van der Waals surface area contributed by atoms with E-state index in [1.165, 1.54) is 0 Å². The minimum atomic E-state index is 0.805. The molecule has 0 unspecified atom stereocenters. The second kappa shape index (κ2) is 4.61. The molecule has 0 atom stereocenters. The first-order valence-electron chi connectivity index (χ1n) is 4.62. The van der Waals surface area contributed by atoms with Crippen molar-refractivity contribution < 1.29 is 0 Å². The standard InChI is InChI=1S/C12H16N2/c1-9(13)12(10(2)14-3)11-7-5-4-6-8-11/h4-8H,13H2,1-3H3/b12-9+,14-10?. The van der Waals surface area contributed by atoms with Crippen molar-refractivity contribution in [3.63, 3.8) is 0 Å². The maximum absolute atomic E-state index is 5.84. The molecule has 2 heteroatoms. The number of allylic oxidation sites excluding steroid dienone is 2. The molecule has 1 aromatic carbocycles. The maximum atomic E-state index is 5.84. The molecule has 0 amide bonds. The van der Waals surface area contributed by atoms with Gasteiger partial charge in [-0.05, 0) is 19.4 Å². The summed E-state index contributed by atoms with van der Waals surface area (Å²) in [4.78, 5) is 4.17. The smallest absolute Gasteiger partial charge is 0.0409 e. The van der Waals surface area contributed by atoms with E-state index in [0.29, 0.717) is 0 Å². The average Bonchev–Trinajstić information content (AvgIpc) is 2.19. The summed E-state index contributed by atoms with van der Waals surface area (Å²) in [6.07, 6.45) is 0. The van der Waals surface area contributed by atoms with Crippen LogP contribution >= 0.6 is 0 Å². The molecular weight excluding hydrogens is 172 g/mol. The summed E-state index contributed by atoms with van der Waals surface area (Å²) >= 11 is 0. The Kier molecular flexibility index (Phi) is 3.46. The Bertz CT molecular complexity index is 357. The minimum absolute atomic E-state index is 0.805. The Hall–Kier alpha value is -1.57. The molecule has 0 aliphatic carbocycles. The third-order valence-corrected chi connectivity index (χ3v) is 2.15. The van der Waals surface area contributed by atoms with Gasteiger partial charge in [0.15, 0.2) is 0 Å². The molecule has 74 valence electrons. The monoisotopic (exact) mass is 188 g/mol. The quantitative estimate of drug-likeness (QED) is 0.711. The molecule has 0 saturated heterocycles. The maximum Gasteiger partial charge on any atom is 0.0409 e. The van der Waals surface area contributed by atoms with Gasteiger partial charge >= 0.3 is 0 Å².